The molecule has 0 aromatic carbocycles. The minimum Gasteiger partial charge on any atom is -0.512 e. The topological polar surface area (TPSA) is 69.6 Å². The number of carbonyl (C=O) groups is 1. The number of hydrogen-bond donors (Lipinski definition) is 1. The van der Waals surface area contributed by atoms with Gasteiger partial charge >= 0.3 is 7.55 Å². The first-order valence-corrected chi connectivity index (χ1v) is 7.36. The quantitative estimate of drug-likeness (QED) is 0.387. The molecule has 8 heteroatoms. The van der Waals surface area contributed by atoms with Crippen LogP contribution < -0.4 is 9.62 Å². The first kappa shape index (κ1) is 20.6. The molecular formula is C17H18BIrN4O2. The molecular weight excluding hydrogens is 495 g/mol. The molecule has 2 aromatic heterocycles. The number of ketones is 1. The van der Waals surface area contributed by atoms with Gasteiger partial charge in [0, 0.05) is 51.0 Å². The molecule has 1 N–H and O–H groups in total. The Labute approximate surface area is 161 Å². The van der Waals surface area contributed by atoms with Crippen LogP contribution in [0.15, 0.2) is 73.0 Å². The Bertz CT molecular complexity index is 674. The van der Waals surface area contributed by atoms with E-state index in [1.807, 2.05) is 66.0 Å². The van der Waals surface area contributed by atoms with Gasteiger partial charge in [0.1, 0.15) is 11.6 Å². The van der Waals surface area contributed by atoms with Crippen LogP contribution >= 0.6 is 0 Å². The van der Waals surface area contributed by atoms with Crippen molar-refractivity contribution in [1.82, 2.24) is 9.97 Å². The number of nitrogens with zero attached hydrogens (tertiary/aromatic N) is 4. The van der Waals surface area contributed by atoms with Crippen LogP contribution in [0.2, 0.25) is 0 Å². The molecule has 0 bridgehead atoms. The second-order valence-corrected chi connectivity index (χ2v) is 5.00. The van der Waals surface area contributed by atoms with E-state index in [4.69, 9.17) is 5.11 Å². The molecule has 0 fully saturated rings. The minimum atomic E-state index is -0.125. The summed E-state index contributed by atoms with van der Waals surface area (Å²) in [5.41, 5.74) is 0. The number of anilines is 2. The SMILES string of the molecule is CC(=O)/C=C(/C)O.[B]1N(c2ccccn2)C=CN1c1ccccn1.[Ir]. The van der Waals surface area contributed by atoms with Crippen molar-refractivity contribution in [2.24, 2.45) is 0 Å². The molecule has 1 aliphatic heterocycles. The van der Waals surface area contributed by atoms with Crippen LogP contribution in [0, 0.1) is 0 Å². The molecule has 0 saturated heterocycles. The van der Waals surface area contributed by atoms with Gasteiger partial charge in [-0.05, 0) is 38.1 Å². The van der Waals surface area contributed by atoms with E-state index in [1.165, 1.54) is 19.9 Å². The number of allylic oxidation sites excluding steroid dienone is 2. The summed E-state index contributed by atoms with van der Waals surface area (Å²) in [5.74, 6) is 1.72. The van der Waals surface area contributed by atoms with E-state index in [0.717, 1.165) is 11.6 Å². The summed E-state index contributed by atoms with van der Waals surface area (Å²) in [5, 5.41) is 8.36. The maximum absolute atomic E-state index is 10.0. The average molecular weight is 513 g/mol. The second kappa shape index (κ2) is 10.4. The summed E-state index contributed by atoms with van der Waals surface area (Å²) >= 11 is 0. The van der Waals surface area contributed by atoms with Gasteiger partial charge in [-0.2, -0.15) is 0 Å². The molecule has 0 aliphatic carbocycles. The van der Waals surface area contributed by atoms with Gasteiger partial charge in [0.2, 0.25) is 0 Å². The number of aromatic nitrogens is 2. The summed E-state index contributed by atoms with van der Waals surface area (Å²) < 4.78 is 0. The molecule has 1 aliphatic rings. The largest absolute Gasteiger partial charge is 0.512 e. The van der Waals surface area contributed by atoms with Crippen LogP contribution in [0.3, 0.4) is 0 Å². The number of rotatable bonds is 3. The summed E-state index contributed by atoms with van der Waals surface area (Å²) in [6.45, 7) is 2.85. The number of pyridine rings is 2. The molecule has 0 spiro atoms. The Morgan fingerprint density at radius 3 is 1.76 bits per heavy atom. The van der Waals surface area contributed by atoms with Crippen molar-refractivity contribution in [3.05, 3.63) is 73.0 Å². The van der Waals surface area contributed by atoms with E-state index in [1.54, 1.807) is 12.4 Å². The number of aliphatic hydroxyl groups excluding tert-OH is 1. The number of carbonyl (C=O) groups excluding carboxylic acids is 1. The maximum Gasteiger partial charge on any atom is 0.402 e. The smallest absolute Gasteiger partial charge is 0.402 e. The van der Waals surface area contributed by atoms with Gasteiger partial charge in [-0.3, -0.25) is 4.79 Å². The van der Waals surface area contributed by atoms with Crippen LogP contribution in [0.4, 0.5) is 11.6 Å². The molecule has 130 valence electrons. The summed E-state index contributed by atoms with van der Waals surface area (Å²) in [6.07, 6.45) is 8.63. The molecule has 3 heterocycles. The van der Waals surface area contributed by atoms with Gasteiger partial charge in [-0.1, -0.05) is 12.1 Å². The van der Waals surface area contributed by atoms with Crippen molar-refractivity contribution in [2.75, 3.05) is 9.62 Å². The van der Waals surface area contributed by atoms with Crippen molar-refractivity contribution < 1.29 is 30.0 Å². The molecule has 0 saturated carbocycles. The van der Waals surface area contributed by atoms with E-state index in [-0.39, 0.29) is 31.6 Å². The third-order valence-electron chi connectivity index (χ3n) is 2.88. The Morgan fingerprint density at radius 2 is 1.48 bits per heavy atom. The Morgan fingerprint density at radius 1 is 1.00 bits per heavy atom. The molecule has 6 nitrogen and oxygen atoms in total. The Balaban J connectivity index is 0.000000339. The zero-order chi connectivity index (χ0) is 17.4. The van der Waals surface area contributed by atoms with Crippen LogP contribution in [0.25, 0.3) is 0 Å². The normalized spacial score (nSPS) is 12.6. The van der Waals surface area contributed by atoms with E-state index in [0.29, 0.717) is 0 Å². The fraction of sp³-hybridized carbons (Fsp3) is 0.118. The monoisotopic (exact) mass is 514 g/mol. The van der Waals surface area contributed by atoms with Gasteiger partial charge in [0.25, 0.3) is 0 Å². The van der Waals surface area contributed by atoms with Crippen molar-refractivity contribution >= 4 is 25.0 Å². The zero-order valence-electron chi connectivity index (χ0n) is 13.9. The van der Waals surface area contributed by atoms with Gasteiger partial charge in [-0.15, -0.1) is 0 Å². The van der Waals surface area contributed by atoms with Gasteiger partial charge in [0.15, 0.2) is 5.78 Å². The fourth-order valence-corrected chi connectivity index (χ4v) is 1.93. The zero-order valence-corrected chi connectivity index (χ0v) is 16.3. The van der Waals surface area contributed by atoms with Crippen LogP contribution in [0.5, 0.6) is 0 Å². The third-order valence-corrected chi connectivity index (χ3v) is 2.88. The average Bonchev–Trinajstić information content (AvgIpc) is 3.06. The minimum absolute atomic E-state index is 0. The van der Waals surface area contributed by atoms with Crippen molar-refractivity contribution in [2.45, 2.75) is 13.8 Å². The maximum atomic E-state index is 10.0. The van der Waals surface area contributed by atoms with Crippen molar-refractivity contribution in [3.63, 3.8) is 0 Å². The van der Waals surface area contributed by atoms with Gasteiger partial charge in [-0.25, -0.2) is 9.97 Å². The van der Waals surface area contributed by atoms with Crippen LogP contribution in [-0.2, 0) is 24.9 Å². The van der Waals surface area contributed by atoms with Gasteiger partial charge in [0.05, 0.1) is 5.76 Å². The van der Waals surface area contributed by atoms with E-state index in [2.05, 4.69) is 9.97 Å². The van der Waals surface area contributed by atoms with E-state index >= 15 is 0 Å². The number of hydrogen-bond acceptors (Lipinski definition) is 6. The fourth-order valence-electron chi connectivity index (χ4n) is 1.93. The Kier molecular flexibility index (Phi) is 8.60. The summed E-state index contributed by atoms with van der Waals surface area (Å²) in [4.78, 5) is 22.5. The predicted octanol–water partition coefficient (Wildman–Crippen LogP) is 2.84. The summed E-state index contributed by atoms with van der Waals surface area (Å²) in [6, 6.07) is 11.7. The second-order valence-electron chi connectivity index (χ2n) is 5.00. The Hall–Kier alpha value is -2.44. The molecule has 0 amide bonds. The summed E-state index contributed by atoms with van der Waals surface area (Å²) in [7, 11) is 1.95. The van der Waals surface area contributed by atoms with Crippen molar-refractivity contribution in [3.8, 4) is 0 Å². The molecule has 3 rings (SSSR count). The molecule has 2 radical (unpaired) electrons. The molecule has 25 heavy (non-hydrogen) atoms. The first-order chi connectivity index (χ1) is 11.6. The molecule has 0 atom stereocenters. The van der Waals surface area contributed by atoms with E-state index in [9.17, 15) is 4.79 Å². The third kappa shape index (κ3) is 6.91. The number of aliphatic hydroxyl groups is 1. The standard InChI is InChI=1S/C12H10BN4.C5H8O2.Ir/c1-3-7-14-11(5-1)16-9-10-17(13-16)12-6-2-4-8-15-12;1-4(6)3-5(2)7;/h1-10H;3,6H,1-2H3;/b;4-3-;. The first-order valence-electron chi connectivity index (χ1n) is 7.36. The predicted molar refractivity (Wildman–Crippen MR) is 95.4 cm³/mol. The van der Waals surface area contributed by atoms with E-state index < -0.39 is 0 Å². The van der Waals surface area contributed by atoms with Crippen LogP contribution in [0.1, 0.15) is 13.8 Å². The van der Waals surface area contributed by atoms with Crippen LogP contribution in [-0.4, -0.2) is 28.4 Å². The van der Waals surface area contributed by atoms with Gasteiger partial charge < -0.3 is 14.7 Å². The molecule has 2 aromatic rings. The van der Waals surface area contributed by atoms with Crippen molar-refractivity contribution in [1.29, 1.82) is 0 Å². The molecule has 0 unspecified atom stereocenters.